The maximum atomic E-state index is 13.2. The minimum Gasteiger partial charge on any atom is -0.493 e. The van der Waals surface area contributed by atoms with Gasteiger partial charge in [0.1, 0.15) is 5.70 Å². The molecule has 2 aromatic carbocycles. The molecule has 0 saturated carbocycles. The van der Waals surface area contributed by atoms with Gasteiger partial charge in [-0.2, -0.15) is 0 Å². The number of hydrogen-bond acceptors (Lipinski definition) is 8. The first-order chi connectivity index (χ1) is 15.9. The lowest BCUT2D eigenvalue weighted by atomic mass is 10.0. The molecule has 0 spiro atoms. The number of nitrogens with zero attached hydrogens (tertiary/aromatic N) is 2. The summed E-state index contributed by atoms with van der Waals surface area (Å²) >= 11 is 0. The van der Waals surface area contributed by atoms with Crippen LogP contribution in [0.2, 0.25) is 0 Å². The van der Waals surface area contributed by atoms with Crippen LogP contribution >= 0.6 is 0 Å². The molecular weight excluding hydrogens is 430 g/mol. The third kappa shape index (κ3) is 5.12. The van der Waals surface area contributed by atoms with Gasteiger partial charge in [0, 0.05) is 43.6 Å². The van der Waals surface area contributed by atoms with E-state index < -0.39 is 16.7 Å². The number of rotatable bonds is 11. The van der Waals surface area contributed by atoms with Crippen LogP contribution in [-0.2, 0) is 14.3 Å². The van der Waals surface area contributed by atoms with Crippen LogP contribution < -0.4 is 14.8 Å². The largest absolute Gasteiger partial charge is 0.493 e. The van der Waals surface area contributed by atoms with Crippen LogP contribution in [0.1, 0.15) is 18.9 Å². The van der Waals surface area contributed by atoms with Gasteiger partial charge in [-0.25, -0.2) is 0 Å². The number of carbonyl (C=O) groups is 2. The fourth-order valence-electron chi connectivity index (χ4n) is 3.44. The zero-order chi connectivity index (χ0) is 24.0. The molecule has 10 heteroatoms. The van der Waals surface area contributed by atoms with E-state index in [1.807, 2.05) is 6.92 Å². The first-order valence-corrected chi connectivity index (χ1v) is 10.3. The molecule has 0 aromatic heterocycles. The normalized spacial score (nSPS) is 13.5. The van der Waals surface area contributed by atoms with Crippen LogP contribution in [-0.4, -0.2) is 55.6 Å². The second kappa shape index (κ2) is 10.6. The molecule has 0 saturated heterocycles. The molecule has 0 bridgehead atoms. The minimum atomic E-state index is -0.525. The number of ether oxygens (including phenoxy) is 3. The Kier molecular flexibility index (Phi) is 7.62. The third-order valence-corrected chi connectivity index (χ3v) is 5.06. The number of non-ortho nitro benzene ring substituents is 1. The summed E-state index contributed by atoms with van der Waals surface area (Å²) in [5.41, 5.74) is 1.02. The van der Waals surface area contributed by atoms with E-state index in [-0.39, 0.29) is 23.5 Å². The Labute approximate surface area is 190 Å². The SMILES string of the molecule is CCOCCCN1C(=O)C(Nc2ccc(OC)c(OC)c2)=C(c2ccc([N+](=O)[O-])cc2)C1=O. The van der Waals surface area contributed by atoms with Crippen LogP contribution in [0.15, 0.2) is 48.2 Å². The standard InChI is InChI=1S/C23H25N3O7/c1-4-33-13-5-12-25-22(27)20(15-6-9-17(10-7-15)26(29)30)21(23(25)28)24-16-8-11-18(31-2)19(14-16)32-3/h6-11,14,24H,4-5,12-13H2,1-3H3. The van der Waals surface area contributed by atoms with Gasteiger partial charge in [-0.15, -0.1) is 0 Å². The summed E-state index contributed by atoms with van der Waals surface area (Å²) < 4.78 is 15.9. The smallest absolute Gasteiger partial charge is 0.278 e. The van der Waals surface area contributed by atoms with Gasteiger partial charge in [-0.05, 0) is 43.2 Å². The van der Waals surface area contributed by atoms with Gasteiger partial charge in [0.2, 0.25) is 0 Å². The Morgan fingerprint density at radius 2 is 1.70 bits per heavy atom. The monoisotopic (exact) mass is 455 g/mol. The number of carbonyl (C=O) groups excluding carboxylic acids is 2. The van der Waals surface area contributed by atoms with Crippen LogP contribution in [0.3, 0.4) is 0 Å². The molecule has 1 aliphatic heterocycles. The lowest BCUT2D eigenvalue weighted by molar-refractivity contribution is -0.384. The molecule has 1 N–H and O–H groups in total. The van der Waals surface area contributed by atoms with E-state index in [9.17, 15) is 19.7 Å². The summed E-state index contributed by atoms with van der Waals surface area (Å²) in [5, 5.41) is 14.0. The lowest BCUT2D eigenvalue weighted by Gasteiger charge is -2.15. The van der Waals surface area contributed by atoms with Crippen molar-refractivity contribution < 1.29 is 28.7 Å². The summed E-state index contributed by atoms with van der Waals surface area (Å²) in [6.07, 6.45) is 0.489. The second-order valence-corrected chi connectivity index (χ2v) is 7.06. The highest BCUT2D eigenvalue weighted by molar-refractivity contribution is 6.36. The van der Waals surface area contributed by atoms with E-state index in [4.69, 9.17) is 14.2 Å². The van der Waals surface area contributed by atoms with E-state index in [0.717, 1.165) is 4.90 Å². The molecule has 0 radical (unpaired) electrons. The number of nitro groups is 1. The Hall–Kier alpha value is -3.92. The Morgan fingerprint density at radius 1 is 1.00 bits per heavy atom. The van der Waals surface area contributed by atoms with Crippen LogP contribution in [0.5, 0.6) is 11.5 Å². The number of anilines is 1. The zero-order valence-corrected chi connectivity index (χ0v) is 18.6. The highest BCUT2D eigenvalue weighted by atomic mass is 16.6. The number of benzene rings is 2. The van der Waals surface area contributed by atoms with Crippen molar-refractivity contribution in [2.75, 3.05) is 39.3 Å². The molecule has 2 aromatic rings. The molecule has 0 fully saturated rings. The van der Waals surface area contributed by atoms with Gasteiger partial charge >= 0.3 is 0 Å². The van der Waals surface area contributed by atoms with Crippen molar-refractivity contribution in [3.05, 3.63) is 63.8 Å². The average Bonchev–Trinajstić information content (AvgIpc) is 3.05. The molecule has 1 aliphatic rings. The Balaban J connectivity index is 1.98. The predicted octanol–water partition coefficient (Wildman–Crippen LogP) is 3.23. The number of amides is 2. The number of hydrogen-bond donors (Lipinski definition) is 1. The summed E-state index contributed by atoms with van der Waals surface area (Å²) in [6.45, 7) is 3.01. The maximum absolute atomic E-state index is 13.2. The van der Waals surface area contributed by atoms with Gasteiger partial charge in [0.05, 0.1) is 24.7 Å². The second-order valence-electron chi connectivity index (χ2n) is 7.06. The van der Waals surface area contributed by atoms with Gasteiger partial charge in [0.25, 0.3) is 17.5 Å². The average molecular weight is 455 g/mol. The highest BCUT2D eigenvalue weighted by Crippen LogP contribution is 2.34. The molecule has 10 nitrogen and oxygen atoms in total. The first-order valence-electron chi connectivity index (χ1n) is 10.3. The fraction of sp³-hybridized carbons (Fsp3) is 0.304. The van der Waals surface area contributed by atoms with Gasteiger partial charge in [-0.1, -0.05) is 0 Å². The summed E-state index contributed by atoms with van der Waals surface area (Å²) in [5.74, 6) is -0.00251. The van der Waals surface area contributed by atoms with Crippen LogP contribution in [0.25, 0.3) is 5.57 Å². The molecule has 0 aliphatic carbocycles. The number of nitro benzene ring substituents is 1. The predicted molar refractivity (Wildman–Crippen MR) is 121 cm³/mol. The first kappa shape index (κ1) is 23.7. The van der Waals surface area contributed by atoms with E-state index in [2.05, 4.69) is 5.32 Å². The lowest BCUT2D eigenvalue weighted by Crippen LogP contribution is -2.34. The van der Waals surface area contributed by atoms with Gasteiger partial charge < -0.3 is 19.5 Å². The van der Waals surface area contributed by atoms with Crippen molar-refractivity contribution in [1.29, 1.82) is 0 Å². The van der Waals surface area contributed by atoms with Crippen LogP contribution in [0, 0.1) is 10.1 Å². The number of nitrogens with one attached hydrogen (secondary N) is 1. The van der Waals surface area contributed by atoms with Gasteiger partial charge in [-0.3, -0.25) is 24.6 Å². The van der Waals surface area contributed by atoms with E-state index in [1.165, 1.54) is 38.5 Å². The molecule has 1 heterocycles. The summed E-state index contributed by atoms with van der Waals surface area (Å²) in [7, 11) is 3.01. The zero-order valence-electron chi connectivity index (χ0n) is 18.6. The van der Waals surface area contributed by atoms with Crippen molar-refractivity contribution >= 4 is 28.8 Å². The molecule has 0 atom stereocenters. The number of methoxy groups -OCH3 is 2. The molecule has 33 heavy (non-hydrogen) atoms. The molecule has 0 unspecified atom stereocenters. The van der Waals surface area contributed by atoms with Crippen molar-refractivity contribution in [3.8, 4) is 11.5 Å². The topological polar surface area (TPSA) is 120 Å². The van der Waals surface area contributed by atoms with Crippen molar-refractivity contribution in [3.63, 3.8) is 0 Å². The minimum absolute atomic E-state index is 0.0810. The molecular formula is C23H25N3O7. The van der Waals surface area contributed by atoms with E-state index >= 15 is 0 Å². The van der Waals surface area contributed by atoms with E-state index in [0.29, 0.717) is 42.4 Å². The molecule has 3 rings (SSSR count). The summed E-state index contributed by atoms with van der Waals surface area (Å²) in [6, 6.07) is 10.5. The Bertz CT molecular complexity index is 1080. The van der Waals surface area contributed by atoms with Crippen molar-refractivity contribution in [2.24, 2.45) is 0 Å². The molecule has 174 valence electrons. The number of imide groups is 1. The van der Waals surface area contributed by atoms with E-state index in [1.54, 1.807) is 18.2 Å². The third-order valence-electron chi connectivity index (χ3n) is 5.06. The summed E-state index contributed by atoms with van der Waals surface area (Å²) in [4.78, 5) is 38.0. The van der Waals surface area contributed by atoms with Crippen molar-refractivity contribution in [2.45, 2.75) is 13.3 Å². The fourth-order valence-corrected chi connectivity index (χ4v) is 3.44. The molecule has 2 amide bonds. The van der Waals surface area contributed by atoms with Crippen molar-refractivity contribution in [1.82, 2.24) is 4.90 Å². The maximum Gasteiger partial charge on any atom is 0.278 e. The quantitative estimate of drug-likeness (QED) is 0.237. The van der Waals surface area contributed by atoms with Gasteiger partial charge in [0.15, 0.2) is 11.5 Å². The van der Waals surface area contributed by atoms with Crippen LogP contribution in [0.4, 0.5) is 11.4 Å². The Morgan fingerprint density at radius 3 is 2.30 bits per heavy atom. The highest BCUT2D eigenvalue weighted by Gasteiger charge is 2.39.